The molecule has 0 aliphatic heterocycles. The van der Waals surface area contributed by atoms with Crippen molar-refractivity contribution in [3.8, 4) is 5.75 Å². The van der Waals surface area contributed by atoms with E-state index in [4.69, 9.17) is 22.1 Å². The lowest BCUT2D eigenvalue weighted by molar-refractivity contribution is 0.0982. The summed E-state index contributed by atoms with van der Waals surface area (Å²) in [6, 6.07) is 2.35. The number of carbonyl (C=O) groups is 1. The zero-order valence-corrected chi connectivity index (χ0v) is 8.97. The van der Waals surface area contributed by atoms with Crippen LogP contribution < -0.4 is 10.5 Å². The molecule has 0 saturated heterocycles. The molecule has 0 amide bonds. The molecule has 5 heteroatoms. The zero-order chi connectivity index (χ0) is 11.4. The Balaban J connectivity index is 3.15. The molecule has 1 aromatic rings. The van der Waals surface area contributed by atoms with E-state index in [1.165, 1.54) is 13.2 Å². The van der Waals surface area contributed by atoms with Gasteiger partial charge in [0.15, 0.2) is 5.78 Å². The lowest BCUT2D eigenvalue weighted by atomic mass is 10.1. The molecule has 82 valence electrons. The third-order valence-corrected chi connectivity index (χ3v) is 2.20. The normalized spacial score (nSPS) is 10.1. The molecule has 0 unspecified atom stereocenters. The summed E-state index contributed by atoms with van der Waals surface area (Å²) >= 11 is 5.57. The Morgan fingerprint density at radius 1 is 1.60 bits per heavy atom. The minimum absolute atomic E-state index is 0.101. The first-order valence-corrected chi connectivity index (χ1v) is 4.74. The van der Waals surface area contributed by atoms with Gasteiger partial charge in [-0.25, -0.2) is 4.39 Å². The molecule has 15 heavy (non-hydrogen) atoms. The smallest absolute Gasteiger partial charge is 0.167 e. The van der Waals surface area contributed by atoms with Gasteiger partial charge >= 0.3 is 0 Å². The summed E-state index contributed by atoms with van der Waals surface area (Å²) in [6.07, 6.45) is 0.179. The number of hydrogen-bond acceptors (Lipinski definition) is 3. The minimum atomic E-state index is -0.613. The fourth-order valence-corrected chi connectivity index (χ4v) is 1.34. The average Bonchev–Trinajstić information content (AvgIpc) is 2.21. The maximum Gasteiger partial charge on any atom is 0.167 e. The van der Waals surface area contributed by atoms with E-state index >= 15 is 0 Å². The number of nitrogens with two attached hydrogens (primary N) is 1. The summed E-state index contributed by atoms with van der Waals surface area (Å²) in [5.74, 6) is -0.649. The highest BCUT2D eigenvalue weighted by Crippen LogP contribution is 2.26. The summed E-state index contributed by atoms with van der Waals surface area (Å²) in [5, 5.41) is -0.101. The molecule has 0 fully saturated rings. The highest BCUT2D eigenvalue weighted by molar-refractivity contribution is 6.31. The minimum Gasteiger partial charge on any atom is -0.496 e. The Hall–Kier alpha value is -1.13. The third-order valence-electron chi connectivity index (χ3n) is 1.91. The summed E-state index contributed by atoms with van der Waals surface area (Å²) in [7, 11) is 1.36. The number of methoxy groups -OCH3 is 1. The quantitative estimate of drug-likeness (QED) is 0.807. The van der Waals surface area contributed by atoms with Crippen LogP contribution in [0.3, 0.4) is 0 Å². The summed E-state index contributed by atoms with van der Waals surface area (Å²) in [6.45, 7) is 0.233. The summed E-state index contributed by atoms with van der Waals surface area (Å²) in [4.78, 5) is 11.5. The van der Waals surface area contributed by atoms with Crippen LogP contribution in [-0.2, 0) is 0 Å². The molecule has 2 N–H and O–H groups in total. The second-order valence-electron chi connectivity index (χ2n) is 2.93. The van der Waals surface area contributed by atoms with E-state index in [0.29, 0.717) is 0 Å². The number of ketones is 1. The number of benzene rings is 1. The SMILES string of the molecule is COc1cc(F)c(Cl)cc1C(=O)CCN. The van der Waals surface area contributed by atoms with Gasteiger partial charge in [-0.15, -0.1) is 0 Å². The van der Waals surface area contributed by atoms with E-state index in [2.05, 4.69) is 0 Å². The number of halogens is 2. The molecule has 1 rings (SSSR count). The highest BCUT2D eigenvalue weighted by atomic mass is 35.5. The number of ether oxygens (including phenoxy) is 1. The van der Waals surface area contributed by atoms with Crippen LogP contribution in [0.1, 0.15) is 16.8 Å². The largest absolute Gasteiger partial charge is 0.496 e. The number of rotatable bonds is 4. The van der Waals surface area contributed by atoms with E-state index in [1.54, 1.807) is 0 Å². The van der Waals surface area contributed by atoms with Gasteiger partial charge in [0.05, 0.1) is 17.7 Å². The van der Waals surface area contributed by atoms with E-state index in [1.807, 2.05) is 0 Å². The molecule has 0 aromatic heterocycles. The van der Waals surface area contributed by atoms with Crippen LogP contribution in [-0.4, -0.2) is 19.4 Å². The van der Waals surface area contributed by atoms with Crippen molar-refractivity contribution in [2.45, 2.75) is 6.42 Å². The molecule has 0 radical (unpaired) electrons. The molecule has 3 nitrogen and oxygen atoms in total. The van der Waals surface area contributed by atoms with E-state index in [0.717, 1.165) is 6.07 Å². The van der Waals surface area contributed by atoms with Gasteiger partial charge < -0.3 is 10.5 Å². The zero-order valence-electron chi connectivity index (χ0n) is 8.22. The topological polar surface area (TPSA) is 52.3 Å². The standard InChI is InChI=1S/C10H11ClFNO2/c1-15-10-5-8(12)7(11)4-6(10)9(14)2-3-13/h4-5H,2-3,13H2,1H3. The van der Waals surface area contributed by atoms with Gasteiger partial charge in [-0.3, -0.25) is 4.79 Å². The van der Waals surface area contributed by atoms with Gasteiger partial charge in [0, 0.05) is 12.5 Å². The number of hydrogen-bond donors (Lipinski definition) is 1. The van der Waals surface area contributed by atoms with E-state index in [9.17, 15) is 9.18 Å². The third kappa shape index (κ3) is 2.67. The first-order chi connectivity index (χ1) is 7.10. The molecule has 0 aliphatic rings. The Bertz CT molecular complexity index is 382. The molecule has 0 saturated carbocycles. The fraction of sp³-hybridized carbons (Fsp3) is 0.300. The van der Waals surface area contributed by atoms with Crippen molar-refractivity contribution in [3.05, 3.63) is 28.5 Å². The van der Waals surface area contributed by atoms with Crippen LogP contribution in [0.25, 0.3) is 0 Å². The molecular weight excluding hydrogens is 221 g/mol. The Kier molecular flexibility index (Phi) is 4.05. The van der Waals surface area contributed by atoms with Crippen molar-refractivity contribution >= 4 is 17.4 Å². The van der Waals surface area contributed by atoms with Gasteiger partial charge in [-0.05, 0) is 12.6 Å². The second-order valence-corrected chi connectivity index (χ2v) is 3.34. The van der Waals surface area contributed by atoms with Gasteiger partial charge in [-0.1, -0.05) is 11.6 Å². The first kappa shape index (κ1) is 11.9. The monoisotopic (exact) mass is 231 g/mol. The molecule has 1 aromatic carbocycles. The van der Waals surface area contributed by atoms with Crippen LogP contribution in [0.4, 0.5) is 4.39 Å². The van der Waals surface area contributed by atoms with Gasteiger partial charge in [-0.2, -0.15) is 0 Å². The predicted octanol–water partition coefficient (Wildman–Crippen LogP) is 2.02. The van der Waals surface area contributed by atoms with E-state index in [-0.39, 0.29) is 35.1 Å². The summed E-state index contributed by atoms with van der Waals surface area (Å²) < 4.78 is 17.9. The van der Waals surface area contributed by atoms with Crippen LogP contribution >= 0.6 is 11.6 Å². The van der Waals surface area contributed by atoms with Crippen LogP contribution in [0, 0.1) is 5.82 Å². The molecule has 0 aliphatic carbocycles. The maximum atomic E-state index is 13.0. The van der Waals surface area contributed by atoms with Crippen molar-refractivity contribution in [2.75, 3.05) is 13.7 Å². The number of Topliss-reactive ketones (excluding diaryl/α,β-unsaturated/α-hetero) is 1. The molecule has 0 bridgehead atoms. The van der Waals surface area contributed by atoms with Crippen molar-refractivity contribution in [1.82, 2.24) is 0 Å². The first-order valence-electron chi connectivity index (χ1n) is 4.36. The molecule has 0 heterocycles. The van der Waals surface area contributed by atoms with Crippen LogP contribution in [0.5, 0.6) is 5.75 Å². The van der Waals surface area contributed by atoms with Crippen molar-refractivity contribution in [1.29, 1.82) is 0 Å². The average molecular weight is 232 g/mol. The van der Waals surface area contributed by atoms with Crippen molar-refractivity contribution in [3.63, 3.8) is 0 Å². The lowest BCUT2D eigenvalue weighted by Gasteiger charge is -2.08. The van der Waals surface area contributed by atoms with Gasteiger partial charge in [0.25, 0.3) is 0 Å². The van der Waals surface area contributed by atoms with E-state index < -0.39 is 5.82 Å². The van der Waals surface area contributed by atoms with Gasteiger partial charge in [0.1, 0.15) is 11.6 Å². The molecule has 0 atom stereocenters. The Labute approximate surface area is 92.0 Å². The predicted molar refractivity (Wildman–Crippen MR) is 56.0 cm³/mol. The highest BCUT2D eigenvalue weighted by Gasteiger charge is 2.14. The van der Waals surface area contributed by atoms with Crippen molar-refractivity contribution in [2.24, 2.45) is 5.73 Å². The molecule has 0 spiro atoms. The number of carbonyl (C=O) groups excluding carboxylic acids is 1. The van der Waals surface area contributed by atoms with Crippen molar-refractivity contribution < 1.29 is 13.9 Å². The maximum absolute atomic E-state index is 13.0. The molecular formula is C10H11ClFNO2. The Morgan fingerprint density at radius 2 is 2.27 bits per heavy atom. The Morgan fingerprint density at radius 3 is 2.80 bits per heavy atom. The van der Waals surface area contributed by atoms with Crippen LogP contribution in [0.15, 0.2) is 12.1 Å². The second kappa shape index (κ2) is 5.09. The fourth-order valence-electron chi connectivity index (χ4n) is 1.18. The van der Waals surface area contributed by atoms with Gasteiger partial charge in [0.2, 0.25) is 0 Å². The summed E-state index contributed by atoms with van der Waals surface area (Å²) in [5.41, 5.74) is 5.52. The van der Waals surface area contributed by atoms with Crippen LogP contribution in [0.2, 0.25) is 5.02 Å². The lowest BCUT2D eigenvalue weighted by Crippen LogP contribution is -2.09.